The van der Waals surface area contributed by atoms with Gasteiger partial charge in [-0.25, -0.2) is 0 Å². The third-order valence-electron chi connectivity index (χ3n) is 3.91. The molecule has 0 saturated heterocycles. The summed E-state index contributed by atoms with van der Waals surface area (Å²) >= 11 is 0. The van der Waals surface area contributed by atoms with Gasteiger partial charge in [-0.1, -0.05) is 23.3 Å². The van der Waals surface area contributed by atoms with E-state index in [0.717, 1.165) is 58.7 Å². The molecule has 142 valence electrons. The Morgan fingerprint density at radius 1 is 0.750 bits per heavy atom. The van der Waals surface area contributed by atoms with E-state index in [2.05, 4.69) is 48.9 Å². The molecule has 0 atom stereocenters. The van der Waals surface area contributed by atoms with Crippen molar-refractivity contribution in [3.63, 3.8) is 0 Å². The summed E-state index contributed by atoms with van der Waals surface area (Å²) in [6, 6.07) is 0. The van der Waals surface area contributed by atoms with E-state index in [1.165, 1.54) is 36.8 Å². The second-order valence-electron chi connectivity index (χ2n) is 6.78. The lowest BCUT2D eigenvalue weighted by Crippen LogP contribution is -2.24. The highest BCUT2D eigenvalue weighted by Crippen LogP contribution is 2.05. The summed E-state index contributed by atoms with van der Waals surface area (Å²) in [5, 5.41) is 10.4. The highest BCUT2D eigenvalue weighted by molar-refractivity contribution is 5.02. The van der Waals surface area contributed by atoms with Crippen molar-refractivity contribution >= 4 is 0 Å². The Hall–Kier alpha value is -0.680. The van der Waals surface area contributed by atoms with Crippen molar-refractivity contribution in [3.05, 3.63) is 23.3 Å². The van der Waals surface area contributed by atoms with Crippen molar-refractivity contribution in [2.45, 2.75) is 59.3 Å². The molecule has 0 spiro atoms. The Bertz CT molecular complexity index is 320. The summed E-state index contributed by atoms with van der Waals surface area (Å²) in [5.74, 6) is 0. The monoisotopic (exact) mass is 338 g/mol. The molecule has 0 amide bonds. The molecule has 0 aliphatic rings. The summed E-state index contributed by atoms with van der Waals surface area (Å²) in [6.45, 7) is 13.8. The van der Waals surface area contributed by atoms with E-state index in [1.54, 1.807) is 0 Å². The first kappa shape index (κ1) is 23.3. The number of rotatable bonds is 17. The van der Waals surface area contributed by atoms with Gasteiger partial charge in [0.2, 0.25) is 0 Å². The second-order valence-corrected chi connectivity index (χ2v) is 6.78. The fraction of sp³-hybridized carbons (Fsp3) is 0.800. The number of nitrogens with one attached hydrogen (secondary N) is 3. The summed E-state index contributed by atoms with van der Waals surface area (Å²) < 4.78 is 0. The van der Waals surface area contributed by atoms with E-state index in [4.69, 9.17) is 5.73 Å². The van der Waals surface area contributed by atoms with Gasteiger partial charge in [-0.15, -0.1) is 0 Å². The molecule has 4 heteroatoms. The molecule has 24 heavy (non-hydrogen) atoms. The van der Waals surface area contributed by atoms with Crippen molar-refractivity contribution in [2.75, 3.05) is 45.8 Å². The van der Waals surface area contributed by atoms with Crippen LogP contribution < -0.4 is 21.7 Å². The molecule has 0 aliphatic carbocycles. The van der Waals surface area contributed by atoms with E-state index >= 15 is 0 Å². The molecule has 0 radical (unpaired) electrons. The predicted molar refractivity (Wildman–Crippen MR) is 109 cm³/mol. The maximum Gasteiger partial charge on any atom is 0.0137 e. The number of unbranched alkanes of at least 4 members (excludes halogenated alkanes) is 1. The number of hydrogen-bond acceptors (Lipinski definition) is 4. The third kappa shape index (κ3) is 19.4. The molecule has 0 heterocycles. The summed E-state index contributed by atoms with van der Waals surface area (Å²) in [7, 11) is 0. The second kappa shape index (κ2) is 18.7. The Morgan fingerprint density at radius 2 is 1.33 bits per heavy atom. The Kier molecular flexibility index (Phi) is 18.1. The molecular weight excluding hydrogens is 296 g/mol. The van der Waals surface area contributed by atoms with Crippen LogP contribution in [0.5, 0.6) is 0 Å². The molecule has 4 nitrogen and oxygen atoms in total. The fourth-order valence-electron chi connectivity index (χ4n) is 2.35. The van der Waals surface area contributed by atoms with Crippen LogP contribution in [0.25, 0.3) is 0 Å². The fourth-order valence-corrected chi connectivity index (χ4v) is 2.35. The normalized spacial score (nSPS) is 11.8. The minimum atomic E-state index is 0.786. The van der Waals surface area contributed by atoms with Crippen molar-refractivity contribution in [1.82, 2.24) is 16.0 Å². The number of allylic oxidation sites excluding steroid dienone is 3. The molecule has 0 aliphatic heterocycles. The van der Waals surface area contributed by atoms with E-state index in [0.29, 0.717) is 0 Å². The van der Waals surface area contributed by atoms with Crippen LogP contribution in [-0.2, 0) is 0 Å². The van der Waals surface area contributed by atoms with Gasteiger partial charge in [-0.2, -0.15) is 0 Å². The van der Waals surface area contributed by atoms with Crippen LogP contribution in [-0.4, -0.2) is 45.8 Å². The van der Waals surface area contributed by atoms with Gasteiger partial charge in [-0.05, 0) is 98.6 Å². The van der Waals surface area contributed by atoms with Crippen molar-refractivity contribution in [2.24, 2.45) is 5.73 Å². The van der Waals surface area contributed by atoms with Gasteiger partial charge < -0.3 is 21.7 Å². The molecular formula is C20H42N4. The lowest BCUT2D eigenvalue weighted by Gasteiger charge is -2.06. The molecule has 0 bridgehead atoms. The largest absolute Gasteiger partial charge is 0.330 e. The maximum absolute atomic E-state index is 5.45. The SMILES string of the molecule is CC(C)=CCCC(C)=CCNCCCNCCCCNCCCN. The lowest BCUT2D eigenvalue weighted by atomic mass is 10.1. The van der Waals surface area contributed by atoms with E-state index in [9.17, 15) is 0 Å². The average Bonchev–Trinajstić information content (AvgIpc) is 2.55. The Balaban J connectivity index is 3.23. The molecule has 0 fully saturated rings. The van der Waals surface area contributed by atoms with Crippen LogP contribution in [0.1, 0.15) is 59.3 Å². The smallest absolute Gasteiger partial charge is 0.0137 e. The summed E-state index contributed by atoms with van der Waals surface area (Å²) in [6.07, 6.45) is 11.7. The molecule has 0 unspecified atom stereocenters. The first-order chi connectivity index (χ1) is 11.7. The molecule has 0 saturated carbocycles. The van der Waals surface area contributed by atoms with E-state index < -0.39 is 0 Å². The van der Waals surface area contributed by atoms with Crippen LogP contribution in [0, 0.1) is 0 Å². The molecule has 0 rings (SSSR count). The zero-order valence-electron chi connectivity index (χ0n) is 16.4. The topological polar surface area (TPSA) is 62.1 Å². The summed E-state index contributed by atoms with van der Waals surface area (Å²) in [4.78, 5) is 0. The third-order valence-corrected chi connectivity index (χ3v) is 3.91. The molecule has 0 aromatic rings. The van der Waals surface area contributed by atoms with Crippen molar-refractivity contribution in [3.8, 4) is 0 Å². The van der Waals surface area contributed by atoms with Gasteiger partial charge in [0.25, 0.3) is 0 Å². The predicted octanol–water partition coefficient (Wildman–Crippen LogP) is 2.97. The summed E-state index contributed by atoms with van der Waals surface area (Å²) in [5.41, 5.74) is 8.35. The van der Waals surface area contributed by atoms with Crippen molar-refractivity contribution < 1.29 is 0 Å². The van der Waals surface area contributed by atoms with Crippen LogP contribution in [0.4, 0.5) is 0 Å². The molecule has 0 aromatic carbocycles. The highest BCUT2D eigenvalue weighted by atomic mass is 14.9. The zero-order valence-corrected chi connectivity index (χ0v) is 16.4. The molecule has 0 aromatic heterocycles. The first-order valence-corrected chi connectivity index (χ1v) is 9.78. The van der Waals surface area contributed by atoms with Gasteiger partial charge in [-0.3, -0.25) is 0 Å². The van der Waals surface area contributed by atoms with Crippen LogP contribution in [0.3, 0.4) is 0 Å². The standard InChI is InChI=1S/C20H42N4/c1-19(2)9-6-10-20(3)11-18-24-17-8-16-23-14-5-4-13-22-15-7-12-21/h9,11,22-24H,4-8,10,12-18,21H2,1-3H3. The molecule has 5 N–H and O–H groups in total. The van der Waals surface area contributed by atoms with E-state index in [1.807, 2.05) is 0 Å². The quantitative estimate of drug-likeness (QED) is 0.243. The number of nitrogens with two attached hydrogens (primary N) is 1. The highest BCUT2D eigenvalue weighted by Gasteiger charge is 1.92. The zero-order chi connectivity index (χ0) is 17.9. The van der Waals surface area contributed by atoms with Crippen LogP contribution >= 0.6 is 0 Å². The van der Waals surface area contributed by atoms with Gasteiger partial charge >= 0.3 is 0 Å². The average molecular weight is 339 g/mol. The van der Waals surface area contributed by atoms with Gasteiger partial charge in [0.05, 0.1) is 0 Å². The van der Waals surface area contributed by atoms with Gasteiger partial charge in [0.15, 0.2) is 0 Å². The van der Waals surface area contributed by atoms with Crippen LogP contribution in [0.2, 0.25) is 0 Å². The minimum Gasteiger partial charge on any atom is -0.330 e. The van der Waals surface area contributed by atoms with E-state index in [-0.39, 0.29) is 0 Å². The number of hydrogen-bond donors (Lipinski definition) is 4. The van der Waals surface area contributed by atoms with Gasteiger partial charge in [0, 0.05) is 6.54 Å². The van der Waals surface area contributed by atoms with Gasteiger partial charge in [0.1, 0.15) is 0 Å². The van der Waals surface area contributed by atoms with Crippen LogP contribution in [0.15, 0.2) is 23.3 Å². The minimum absolute atomic E-state index is 0.786. The maximum atomic E-state index is 5.45. The first-order valence-electron chi connectivity index (χ1n) is 9.78. The Labute approximate surface area is 150 Å². The van der Waals surface area contributed by atoms with Crippen molar-refractivity contribution in [1.29, 1.82) is 0 Å². The Morgan fingerprint density at radius 3 is 1.96 bits per heavy atom. The lowest BCUT2D eigenvalue weighted by molar-refractivity contribution is 0.561.